The summed E-state index contributed by atoms with van der Waals surface area (Å²) in [4.78, 5) is 32.3. The Bertz CT molecular complexity index is 903. The molecule has 0 radical (unpaired) electrons. The Morgan fingerprint density at radius 2 is 1.96 bits per heavy atom. The van der Waals surface area contributed by atoms with Crippen LogP contribution in [0.4, 0.5) is 5.69 Å². The number of carbonyl (C=O) groups excluding carboxylic acids is 2. The van der Waals surface area contributed by atoms with Crippen molar-refractivity contribution in [3.05, 3.63) is 71.9 Å². The smallest absolute Gasteiger partial charge is 0.337 e. The molecule has 3 aromatic rings. The summed E-state index contributed by atoms with van der Waals surface area (Å²) < 4.78 is 6.44. The van der Waals surface area contributed by atoms with Gasteiger partial charge in [-0.25, -0.2) is 14.8 Å². The molecule has 25 heavy (non-hydrogen) atoms. The number of pyridine rings is 1. The maximum absolute atomic E-state index is 12.4. The Labute approximate surface area is 144 Å². The molecular formula is C18H16N4O3. The number of aromatic nitrogens is 3. The normalized spacial score (nSPS) is 10.3. The van der Waals surface area contributed by atoms with E-state index in [0.717, 1.165) is 5.56 Å². The van der Waals surface area contributed by atoms with Crippen LogP contribution in [0.3, 0.4) is 0 Å². The van der Waals surface area contributed by atoms with Crippen LogP contribution in [-0.2, 0) is 4.74 Å². The highest BCUT2D eigenvalue weighted by Crippen LogP contribution is 2.18. The first kappa shape index (κ1) is 16.4. The van der Waals surface area contributed by atoms with E-state index in [1.54, 1.807) is 53.6 Å². The second-order valence-electron chi connectivity index (χ2n) is 5.35. The predicted octanol–water partition coefficient (Wildman–Crippen LogP) is 2.61. The number of ether oxygens (including phenoxy) is 1. The van der Waals surface area contributed by atoms with Crippen molar-refractivity contribution in [3.8, 4) is 5.82 Å². The van der Waals surface area contributed by atoms with Gasteiger partial charge in [0.15, 0.2) is 0 Å². The lowest BCUT2D eigenvalue weighted by Crippen LogP contribution is -2.14. The second-order valence-corrected chi connectivity index (χ2v) is 5.35. The van der Waals surface area contributed by atoms with Crippen molar-refractivity contribution in [1.29, 1.82) is 0 Å². The molecule has 2 aromatic heterocycles. The number of hydrogen-bond donors (Lipinski definition) is 1. The van der Waals surface area contributed by atoms with Crippen LogP contribution in [0.5, 0.6) is 0 Å². The Kier molecular flexibility index (Phi) is 4.56. The maximum atomic E-state index is 12.4. The third kappa shape index (κ3) is 3.55. The number of hydrogen-bond acceptors (Lipinski definition) is 5. The monoisotopic (exact) mass is 336 g/mol. The van der Waals surface area contributed by atoms with E-state index in [9.17, 15) is 9.59 Å². The summed E-state index contributed by atoms with van der Waals surface area (Å²) in [6, 6.07) is 8.40. The van der Waals surface area contributed by atoms with E-state index >= 15 is 0 Å². The van der Waals surface area contributed by atoms with Crippen LogP contribution in [0.25, 0.3) is 5.82 Å². The molecule has 3 rings (SSSR count). The summed E-state index contributed by atoms with van der Waals surface area (Å²) in [6.45, 7) is 1.84. The number of imidazole rings is 1. The van der Waals surface area contributed by atoms with Gasteiger partial charge in [0.2, 0.25) is 0 Å². The van der Waals surface area contributed by atoms with Crippen molar-refractivity contribution < 1.29 is 14.3 Å². The average molecular weight is 336 g/mol. The number of nitrogens with zero attached hydrogens (tertiary/aromatic N) is 3. The molecule has 1 aromatic carbocycles. The number of amides is 1. The number of anilines is 1. The number of nitrogens with one attached hydrogen (secondary N) is 1. The molecule has 1 N–H and O–H groups in total. The summed E-state index contributed by atoms with van der Waals surface area (Å²) in [6.07, 6.45) is 6.54. The second kappa shape index (κ2) is 6.96. The Hall–Kier alpha value is -3.48. The van der Waals surface area contributed by atoms with Crippen LogP contribution in [-0.4, -0.2) is 33.5 Å². The number of carbonyl (C=O) groups is 2. The third-order valence-corrected chi connectivity index (χ3v) is 3.69. The molecule has 0 spiro atoms. The fourth-order valence-electron chi connectivity index (χ4n) is 2.26. The van der Waals surface area contributed by atoms with Crippen LogP contribution < -0.4 is 5.32 Å². The first-order valence-electron chi connectivity index (χ1n) is 7.53. The minimum absolute atomic E-state index is 0.310. The standard InChI is InChI=1S/C18H16N4O3/c1-12-3-4-13(18(24)25-2)9-15(12)21-17(23)14-5-6-16(20-10-14)22-8-7-19-11-22/h3-11H,1-2H3,(H,21,23). The van der Waals surface area contributed by atoms with Gasteiger partial charge in [-0.15, -0.1) is 0 Å². The zero-order valence-electron chi connectivity index (χ0n) is 13.8. The molecule has 0 bridgehead atoms. The molecule has 0 saturated heterocycles. The molecule has 0 aliphatic carbocycles. The van der Waals surface area contributed by atoms with Crippen molar-refractivity contribution >= 4 is 17.6 Å². The molecule has 126 valence electrons. The molecule has 1 amide bonds. The summed E-state index contributed by atoms with van der Waals surface area (Å²) in [5.74, 6) is -0.102. The molecule has 0 atom stereocenters. The van der Waals surface area contributed by atoms with Crippen molar-refractivity contribution in [2.24, 2.45) is 0 Å². The molecular weight excluding hydrogens is 320 g/mol. The van der Waals surface area contributed by atoms with Gasteiger partial charge in [0, 0.05) is 24.3 Å². The van der Waals surface area contributed by atoms with Crippen LogP contribution in [0.1, 0.15) is 26.3 Å². The lowest BCUT2D eigenvalue weighted by Gasteiger charge is -2.10. The SMILES string of the molecule is COC(=O)c1ccc(C)c(NC(=O)c2ccc(-n3ccnc3)nc2)c1. The Morgan fingerprint density at radius 1 is 1.16 bits per heavy atom. The van der Waals surface area contributed by atoms with Gasteiger partial charge in [-0.1, -0.05) is 6.07 Å². The molecule has 0 aliphatic heterocycles. The van der Waals surface area contributed by atoms with E-state index in [0.29, 0.717) is 22.6 Å². The number of aryl methyl sites for hydroxylation is 1. The number of rotatable bonds is 4. The fraction of sp³-hybridized carbons (Fsp3) is 0.111. The lowest BCUT2D eigenvalue weighted by molar-refractivity contribution is 0.0600. The van der Waals surface area contributed by atoms with Crippen molar-refractivity contribution in [2.75, 3.05) is 12.4 Å². The lowest BCUT2D eigenvalue weighted by atomic mass is 10.1. The van der Waals surface area contributed by atoms with Gasteiger partial charge >= 0.3 is 5.97 Å². The summed E-state index contributed by atoms with van der Waals surface area (Å²) in [7, 11) is 1.31. The number of esters is 1. The van der Waals surface area contributed by atoms with E-state index in [1.165, 1.54) is 13.3 Å². The largest absolute Gasteiger partial charge is 0.465 e. The quantitative estimate of drug-likeness (QED) is 0.740. The van der Waals surface area contributed by atoms with Gasteiger partial charge < -0.3 is 10.1 Å². The molecule has 0 saturated carbocycles. The van der Waals surface area contributed by atoms with Crippen molar-refractivity contribution in [2.45, 2.75) is 6.92 Å². The highest BCUT2D eigenvalue weighted by atomic mass is 16.5. The predicted molar refractivity (Wildman–Crippen MR) is 91.8 cm³/mol. The highest BCUT2D eigenvalue weighted by molar-refractivity contribution is 6.05. The molecule has 2 heterocycles. The summed E-state index contributed by atoms with van der Waals surface area (Å²) >= 11 is 0. The van der Waals surface area contributed by atoms with Gasteiger partial charge in [0.1, 0.15) is 12.1 Å². The molecule has 7 heteroatoms. The zero-order chi connectivity index (χ0) is 17.8. The summed E-state index contributed by atoms with van der Waals surface area (Å²) in [5.41, 5.74) is 2.17. The maximum Gasteiger partial charge on any atom is 0.337 e. The van der Waals surface area contributed by atoms with Gasteiger partial charge in [-0.05, 0) is 36.8 Å². The number of methoxy groups -OCH3 is 1. The van der Waals surface area contributed by atoms with Gasteiger partial charge in [0.25, 0.3) is 5.91 Å². The van der Waals surface area contributed by atoms with E-state index in [2.05, 4.69) is 15.3 Å². The van der Waals surface area contributed by atoms with Crippen molar-refractivity contribution in [3.63, 3.8) is 0 Å². The Morgan fingerprint density at radius 3 is 2.60 bits per heavy atom. The fourth-order valence-corrected chi connectivity index (χ4v) is 2.26. The van der Waals surface area contributed by atoms with E-state index < -0.39 is 5.97 Å². The Balaban J connectivity index is 1.79. The molecule has 0 unspecified atom stereocenters. The van der Waals surface area contributed by atoms with Crippen molar-refractivity contribution in [1.82, 2.24) is 14.5 Å². The van der Waals surface area contributed by atoms with E-state index in [-0.39, 0.29) is 5.91 Å². The molecule has 0 aliphatic rings. The zero-order valence-corrected chi connectivity index (χ0v) is 13.8. The van der Waals surface area contributed by atoms with Gasteiger partial charge in [-0.2, -0.15) is 0 Å². The average Bonchev–Trinajstić information content (AvgIpc) is 3.17. The van der Waals surface area contributed by atoms with Crippen LogP contribution in [0, 0.1) is 6.92 Å². The van der Waals surface area contributed by atoms with Gasteiger partial charge in [0.05, 0.1) is 18.2 Å². The minimum Gasteiger partial charge on any atom is -0.465 e. The van der Waals surface area contributed by atoms with Crippen LogP contribution >= 0.6 is 0 Å². The van der Waals surface area contributed by atoms with E-state index in [1.807, 2.05) is 6.92 Å². The molecule has 7 nitrogen and oxygen atoms in total. The first-order chi connectivity index (χ1) is 12.1. The van der Waals surface area contributed by atoms with Gasteiger partial charge in [-0.3, -0.25) is 9.36 Å². The van der Waals surface area contributed by atoms with E-state index in [4.69, 9.17) is 4.74 Å². The third-order valence-electron chi connectivity index (χ3n) is 3.69. The highest BCUT2D eigenvalue weighted by Gasteiger charge is 2.12. The first-order valence-corrected chi connectivity index (χ1v) is 7.53. The van der Waals surface area contributed by atoms with Crippen LogP contribution in [0.2, 0.25) is 0 Å². The topological polar surface area (TPSA) is 86.1 Å². The molecule has 0 fully saturated rings. The van der Waals surface area contributed by atoms with Crippen LogP contribution in [0.15, 0.2) is 55.2 Å². The summed E-state index contributed by atoms with van der Waals surface area (Å²) in [5, 5.41) is 2.79. The number of benzene rings is 1. The minimum atomic E-state index is -0.457.